The van der Waals surface area contributed by atoms with Crippen LogP contribution in [-0.4, -0.2) is 37.2 Å². The highest BCUT2D eigenvalue weighted by atomic mass is 16.6. The minimum Gasteiger partial charge on any atom is -0.462 e. The Bertz CT molecular complexity index is 1400. The zero-order valence-electron chi connectivity index (χ0n) is 48.1. The molecular formula is C67H116O6. The third kappa shape index (κ3) is 59.3. The SMILES string of the molecule is CC/C=C\C/C=C\C/C=C\C/C=C\CCCCCCCCC(=O)OCC(COC(=O)CCCCCCCCCCCCCCCCCCC)OC(=O)CCCCCCCC/C=C\C/C=C\C/C=C\CCCCC. The molecule has 0 saturated carbocycles. The van der Waals surface area contributed by atoms with Crippen LogP contribution in [0.4, 0.5) is 0 Å². The van der Waals surface area contributed by atoms with Crippen molar-refractivity contribution < 1.29 is 28.6 Å². The van der Waals surface area contributed by atoms with Gasteiger partial charge in [0, 0.05) is 19.3 Å². The summed E-state index contributed by atoms with van der Waals surface area (Å²) < 4.78 is 16.9. The van der Waals surface area contributed by atoms with Gasteiger partial charge < -0.3 is 14.2 Å². The quantitative estimate of drug-likeness (QED) is 0.0261. The van der Waals surface area contributed by atoms with Gasteiger partial charge in [-0.2, -0.15) is 0 Å². The monoisotopic (exact) mass is 1020 g/mol. The number of carbonyl (C=O) groups is 3. The minimum atomic E-state index is -0.790. The molecule has 6 nitrogen and oxygen atoms in total. The lowest BCUT2D eigenvalue weighted by Crippen LogP contribution is -2.30. The first-order chi connectivity index (χ1) is 36.0. The summed E-state index contributed by atoms with van der Waals surface area (Å²) >= 11 is 0. The van der Waals surface area contributed by atoms with E-state index in [0.717, 1.165) is 116 Å². The van der Waals surface area contributed by atoms with E-state index in [0.29, 0.717) is 19.3 Å². The number of ether oxygens (including phenoxy) is 3. The van der Waals surface area contributed by atoms with Gasteiger partial charge in [-0.1, -0.05) is 273 Å². The number of hydrogen-bond donors (Lipinski definition) is 0. The largest absolute Gasteiger partial charge is 0.462 e. The summed E-state index contributed by atoms with van der Waals surface area (Å²) in [4.78, 5) is 38.3. The lowest BCUT2D eigenvalue weighted by atomic mass is 10.0. The Hall–Kier alpha value is -3.41. The Labute approximate surface area is 452 Å². The summed E-state index contributed by atoms with van der Waals surface area (Å²) in [5.41, 5.74) is 0. The number of allylic oxidation sites excluding steroid dienone is 14. The molecule has 0 aliphatic carbocycles. The Morgan fingerprint density at radius 1 is 0.288 bits per heavy atom. The van der Waals surface area contributed by atoms with E-state index in [2.05, 4.69) is 106 Å². The van der Waals surface area contributed by atoms with E-state index in [1.54, 1.807) is 0 Å². The van der Waals surface area contributed by atoms with Crippen molar-refractivity contribution in [1.29, 1.82) is 0 Å². The maximum absolute atomic E-state index is 12.9. The molecule has 420 valence electrons. The minimum absolute atomic E-state index is 0.0843. The fraction of sp³-hybridized carbons (Fsp3) is 0.746. The molecule has 0 aromatic carbocycles. The summed E-state index contributed by atoms with van der Waals surface area (Å²) in [5, 5.41) is 0. The molecular weight excluding hydrogens is 901 g/mol. The number of esters is 3. The number of carbonyl (C=O) groups excluding carboxylic acids is 3. The van der Waals surface area contributed by atoms with E-state index in [1.165, 1.54) is 148 Å². The first-order valence-corrected chi connectivity index (χ1v) is 31.1. The van der Waals surface area contributed by atoms with Crippen molar-refractivity contribution in [3.63, 3.8) is 0 Å². The summed E-state index contributed by atoms with van der Waals surface area (Å²) in [6.07, 6.45) is 80.0. The van der Waals surface area contributed by atoms with Crippen molar-refractivity contribution >= 4 is 17.9 Å². The second-order valence-electron chi connectivity index (χ2n) is 20.6. The predicted octanol–water partition coefficient (Wildman–Crippen LogP) is 21.1. The predicted molar refractivity (Wildman–Crippen MR) is 316 cm³/mol. The standard InChI is InChI=1S/C67H116O6/c1-4-7-10-13-16-19-22-25-28-31-33-36-39-42-45-48-51-54-57-60-66(69)72-63-64(62-71-65(68)59-56-53-50-47-44-41-38-35-30-27-24-21-18-15-12-9-6-3)73-67(70)61-58-55-52-49-46-43-40-37-34-32-29-26-23-20-17-14-11-8-5-2/h7,10,16-17,19-20,25-26,28-29,33-34,36-37,64H,4-6,8-9,11-15,18,21-24,27,30-32,35,38-63H2,1-3H3/b10-7-,19-16-,20-17-,28-25-,29-26-,36-33-,37-34-. The number of hydrogen-bond acceptors (Lipinski definition) is 6. The van der Waals surface area contributed by atoms with Crippen LogP contribution < -0.4 is 0 Å². The van der Waals surface area contributed by atoms with Crippen LogP contribution in [0.1, 0.15) is 303 Å². The zero-order chi connectivity index (χ0) is 52.9. The molecule has 0 saturated heterocycles. The van der Waals surface area contributed by atoms with E-state index in [-0.39, 0.29) is 31.1 Å². The van der Waals surface area contributed by atoms with E-state index < -0.39 is 6.10 Å². The Kier molecular flexibility index (Phi) is 58.3. The second-order valence-corrected chi connectivity index (χ2v) is 20.6. The molecule has 0 aliphatic heterocycles. The molecule has 73 heavy (non-hydrogen) atoms. The van der Waals surface area contributed by atoms with Gasteiger partial charge in [-0.25, -0.2) is 0 Å². The van der Waals surface area contributed by atoms with Crippen LogP contribution in [0.5, 0.6) is 0 Å². The van der Waals surface area contributed by atoms with Crippen molar-refractivity contribution in [2.75, 3.05) is 13.2 Å². The Morgan fingerprint density at radius 3 is 0.863 bits per heavy atom. The van der Waals surface area contributed by atoms with Gasteiger partial charge >= 0.3 is 17.9 Å². The van der Waals surface area contributed by atoms with Crippen molar-refractivity contribution in [3.05, 3.63) is 85.1 Å². The third-order valence-electron chi connectivity index (χ3n) is 13.4. The highest BCUT2D eigenvalue weighted by Crippen LogP contribution is 2.16. The van der Waals surface area contributed by atoms with Crippen LogP contribution in [0.15, 0.2) is 85.1 Å². The first-order valence-electron chi connectivity index (χ1n) is 31.1. The molecule has 0 aromatic rings. The molecule has 0 radical (unpaired) electrons. The van der Waals surface area contributed by atoms with Crippen molar-refractivity contribution in [2.45, 2.75) is 309 Å². The molecule has 0 aliphatic rings. The fourth-order valence-electron chi connectivity index (χ4n) is 8.74. The van der Waals surface area contributed by atoms with Crippen LogP contribution in [0.25, 0.3) is 0 Å². The molecule has 0 amide bonds. The number of rotatable bonds is 56. The lowest BCUT2D eigenvalue weighted by Gasteiger charge is -2.18. The van der Waals surface area contributed by atoms with Gasteiger partial charge in [0.2, 0.25) is 0 Å². The molecule has 0 heterocycles. The van der Waals surface area contributed by atoms with E-state index in [1.807, 2.05) is 0 Å². The van der Waals surface area contributed by atoms with Gasteiger partial charge in [-0.05, 0) is 96.3 Å². The third-order valence-corrected chi connectivity index (χ3v) is 13.4. The smallest absolute Gasteiger partial charge is 0.306 e. The highest BCUT2D eigenvalue weighted by Gasteiger charge is 2.19. The molecule has 6 heteroatoms. The van der Waals surface area contributed by atoms with Crippen LogP contribution in [0, 0.1) is 0 Å². The average Bonchev–Trinajstić information content (AvgIpc) is 3.39. The zero-order valence-corrected chi connectivity index (χ0v) is 48.1. The van der Waals surface area contributed by atoms with Gasteiger partial charge in [-0.15, -0.1) is 0 Å². The fourth-order valence-corrected chi connectivity index (χ4v) is 8.74. The Morgan fingerprint density at radius 2 is 0.534 bits per heavy atom. The van der Waals surface area contributed by atoms with Crippen LogP contribution in [-0.2, 0) is 28.6 Å². The molecule has 0 fully saturated rings. The van der Waals surface area contributed by atoms with E-state index >= 15 is 0 Å². The highest BCUT2D eigenvalue weighted by molar-refractivity contribution is 5.71. The van der Waals surface area contributed by atoms with Crippen LogP contribution in [0.3, 0.4) is 0 Å². The molecule has 1 unspecified atom stereocenters. The van der Waals surface area contributed by atoms with Crippen LogP contribution >= 0.6 is 0 Å². The topological polar surface area (TPSA) is 78.9 Å². The second kappa shape index (κ2) is 61.1. The first kappa shape index (κ1) is 69.6. The summed E-state index contributed by atoms with van der Waals surface area (Å²) in [5.74, 6) is -0.899. The molecule has 0 aromatic heterocycles. The van der Waals surface area contributed by atoms with Gasteiger partial charge in [0.15, 0.2) is 6.10 Å². The van der Waals surface area contributed by atoms with Crippen molar-refractivity contribution in [3.8, 4) is 0 Å². The van der Waals surface area contributed by atoms with E-state index in [9.17, 15) is 14.4 Å². The van der Waals surface area contributed by atoms with Gasteiger partial charge in [-0.3, -0.25) is 14.4 Å². The molecule has 0 bridgehead atoms. The molecule has 1 atom stereocenters. The summed E-state index contributed by atoms with van der Waals surface area (Å²) in [6, 6.07) is 0. The van der Waals surface area contributed by atoms with Gasteiger partial charge in [0.1, 0.15) is 13.2 Å². The maximum atomic E-state index is 12.9. The van der Waals surface area contributed by atoms with E-state index in [4.69, 9.17) is 14.2 Å². The van der Waals surface area contributed by atoms with Crippen LogP contribution in [0.2, 0.25) is 0 Å². The Balaban J connectivity index is 4.42. The average molecular weight is 1020 g/mol. The lowest BCUT2D eigenvalue weighted by molar-refractivity contribution is -0.167. The molecule has 0 spiro atoms. The molecule has 0 rings (SSSR count). The number of unbranched alkanes of at least 4 members (excludes halogenated alkanes) is 31. The van der Waals surface area contributed by atoms with Crippen molar-refractivity contribution in [2.24, 2.45) is 0 Å². The summed E-state index contributed by atoms with van der Waals surface area (Å²) in [7, 11) is 0. The molecule has 0 N–H and O–H groups in total. The maximum Gasteiger partial charge on any atom is 0.306 e. The van der Waals surface area contributed by atoms with Gasteiger partial charge in [0.25, 0.3) is 0 Å². The normalized spacial score (nSPS) is 12.6. The summed E-state index contributed by atoms with van der Waals surface area (Å²) in [6.45, 7) is 6.51. The van der Waals surface area contributed by atoms with Gasteiger partial charge in [0.05, 0.1) is 0 Å². The van der Waals surface area contributed by atoms with Crippen molar-refractivity contribution in [1.82, 2.24) is 0 Å².